The number of nitrogens with one attached hydrogen (secondary N) is 1. The van der Waals surface area contributed by atoms with Crippen molar-refractivity contribution < 1.29 is 18.0 Å². The number of nitrogens with zero attached hydrogens (tertiary/aromatic N) is 2. The van der Waals surface area contributed by atoms with Crippen LogP contribution < -0.4 is 5.32 Å². The van der Waals surface area contributed by atoms with E-state index in [2.05, 4.69) is 5.32 Å². The molecule has 0 spiro atoms. The van der Waals surface area contributed by atoms with Gasteiger partial charge in [-0.05, 0) is 49.6 Å². The number of likely N-dealkylation sites (N-methyl/N-ethyl adjacent to an activating group) is 1. The summed E-state index contributed by atoms with van der Waals surface area (Å²) in [4.78, 5) is 29.0. The smallest absolute Gasteiger partial charge is 0.243 e. The molecular weight excluding hydrogens is 534 g/mol. The predicted molar refractivity (Wildman–Crippen MR) is 155 cm³/mol. The van der Waals surface area contributed by atoms with Gasteiger partial charge in [-0.15, -0.1) is 0 Å². The van der Waals surface area contributed by atoms with Gasteiger partial charge in [-0.1, -0.05) is 84.8 Å². The summed E-state index contributed by atoms with van der Waals surface area (Å²) in [5.74, 6) is -0.814. The second kappa shape index (κ2) is 13.7. The Balaban J connectivity index is 1.99. The van der Waals surface area contributed by atoms with Crippen LogP contribution in [0.25, 0.3) is 0 Å². The normalized spacial score (nSPS) is 13.1. The molecule has 0 unspecified atom stereocenters. The maximum atomic E-state index is 13.9. The van der Waals surface area contributed by atoms with E-state index in [1.54, 1.807) is 30.3 Å². The summed E-state index contributed by atoms with van der Waals surface area (Å²) in [6.45, 7) is 5.34. The average Bonchev–Trinajstić information content (AvgIpc) is 2.92. The lowest BCUT2D eigenvalue weighted by atomic mass is 10.0. The fourth-order valence-corrected chi connectivity index (χ4v) is 5.38. The molecule has 208 valence electrons. The zero-order chi connectivity index (χ0) is 28.6. The first kappa shape index (κ1) is 30.3. The number of aryl methyl sites for hydroxylation is 1. The van der Waals surface area contributed by atoms with Crippen LogP contribution in [-0.4, -0.2) is 55.1 Å². The highest BCUT2D eigenvalue weighted by Gasteiger charge is 2.33. The topological polar surface area (TPSA) is 86.8 Å². The first-order chi connectivity index (χ1) is 18.5. The van der Waals surface area contributed by atoms with Crippen molar-refractivity contribution in [3.63, 3.8) is 0 Å². The highest BCUT2D eigenvalue weighted by atomic mass is 35.5. The van der Waals surface area contributed by atoms with Crippen molar-refractivity contribution in [2.24, 2.45) is 0 Å². The summed E-state index contributed by atoms with van der Waals surface area (Å²) in [5.41, 5.74) is 2.46. The molecule has 0 saturated heterocycles. The lowest BCUT2D eigenvalue weighted by molar-refractivity contribution is -0.141. The van der Waals surface area contributed by atoms with Crippen LogP contribution in [0.15, 0.2) is 83.8 Å². The number of halogens is 1. The van der Waals surface area contributed by atoms with Crippen molar-refractivity contribution in [2.75, 3.05) is 13.6 Å². The van der Waals surface area contributed by atoms with Gasteiger partial charge in [0.15, 0.2) is 0 Å². The number of rotatable bonds is 12. The molecule has 39 heavy (non-hydrogen) atoms. The van der Waals surface area contributed by atoms with Gasteiger partial charge in [0.1, 0.15) is 6.04 Å². The third-order valence-corrected chi connectivity index (χ3v) is 8.84. The predicted octanol–water partition coefficient (Wildman–Crippen LogP) is 4.82. The van der Waals surface area contributed by atoms with Crippen LogP contribution >= 0.6 is 11.6 Å². The van der Waals surface area contributed by atoms with Gasteiger partial charge in [-0.25, -0.2) is 8.42 Å². The Labute approximate surface area is 236 Å². The summed E-state index contributed by atoms with van der Waals surface area (Å²) < 4.78 is 27.5. The molecule has 0 saturated carbocycles. The Morgan fingerprint density at radius 3 is 2.18 bits per heavy atom. The average molecular weight is 570 g/mol. The van der Waals surface area contributed by atoms with E-state index in [9.17, 15) is 18.0 Å². The molecule has 0 aliphatic heterocycles. The highest BCUT2D eigenvalue weighted by Crippen LogP contribution is 2.22. The number of hydrogen-bond acceptors (Lipinski definition) is 4. The van der Waals surface area contributed by atoms with E-state index in [4.69, 9.17) is 11.6 Å². The van der Waals surface area contributed by atoms with E-state index in [0.717, 1.165) is 21.9 Å². The maximum Gasteiger partial charge on any atom is 0.243 e. The van der Waals surface area contributed by atoms with Crippen molar-refractivity contribution in [1.29, 1.82) is 0 Å². The second-order valence-electron chi connectivity index (χ2n) is 9.71. The number of carbonyl (C=O) groups excluding carboxylic acids is 2. The summed E-state index contributed by atoms with van der Waals surface area (Å²) in [6, 6.07) is 22.0. The number of amides is 2. The Bertz CT molecular complexity index is 1360. The molecule has 0 radical (unpaired) electrons. The molecule has 0 aromatic heterocycles. The summed E-state index contributed by atoms with van der Waals surface area (Å²) in [6.07, 6.45) is 0.980. The summed E-state index contributed by atoms with van der Waals surface area (Å²) >= 11 is 6.45. The Morgan fingerprint density at radius 1 is 0.949 bits per heavy atom. The number of sulfonamides is 1. The third-order valence-electron chi connectivity index (χ3n) is 6.66. The Hall–Kier alpha value is -3.20. The summed E-state index contributed by atoms with van der Waals surface area (Å²) in [7, 11) is -2.57. The van der Waals surface area contributed by atoms with Gasteiger partial charge < -0.3 is 10.2 Å². The van der Waals surface area contributed by atoms with Crippen LogP contribution in [0.2, 0.25) is 5.02 Å². The Morgan fingerprint density at radius 2 is 1.56 bits per heavy atom. The van der Waals surface area contributed by atoms with Gasteiger partial charge in [-0.3, -0.25) is 9.59 Å². The van der Waals surface area contributed by atoms with Crippen LogP contribution in [-0.2, 0) is 32.6 Å². The lowest BCUT2D eigenvalue weighted by Gasteiger charge is -2.33. The molecule has 2 amide bonds. The molecule has 1 N–H and O–H groups in total. The van der Waals surface area contributed by atoms with E-state index < -0.39 is 28.5 Å². The third kappa shape index (κ3) is 8.14. The molecule has 0 heterocycles. The van der Waals surface area contributed by atoms with Crippen LogP contribution in [0.4, 0.5) is 0 Å². The fraction of sp³-hybridized carbons (Fsp3) is 0.333. The molecule has 0 bridgehead atoms. The van der Waals surface area contributed by atoms with E-state index in [1.165, 1.54) is 24.1 Å². The molecule has 3 aromatic carbocycles. The molecule has 7 nitrogen and oxygen atoms in total. The van der Waals surface area contributed by atoms with E-state index in [-0.39, 0.29) is 29.8 Å². The van der Waals surface area contributed by atoms with Crippen molar-refractivity contribution in [2.45, 2.75) is 57.1 Å². The number of carbonyl (C=O) groups is 2. The fourth-order valence-electron chi connectivity index (χ4n) is 4.06. The molecule has 3 rings (SSSR count). The quantitative estimate of drug-likeness (QED) is 0.339. The Kier molecular flexibility index (Phi) is 10.7. The van der Waals surface area contributed by atoms with E-state index >= 15 is 0 Å². The van der Waals surface area contributed by atoms with Gasteiger partial charge in [0, 0.05) is 31.1 Å². The van der Waals surface area contributed by atoms with E-state index in [0.29, 0.717) is 10.6 Å². The monoisotopic (exact) mass is 569 g/mol. The van der Waals surface area contributed by atoms with Gasteiger partial charge in [0.2, 0.25) is 21.8 Å². The maximum absolute atomic E-state index is 13.9. The van der Waals surface area contributed by atoms with Crippen molar-refractivity contribution >= 4 is 33.4 Å². The van der Waals surface area contributed by atoms with Crippen LogP contribution in [0.1, 0.15) is 37.0 Å². The minimum absolute atomic E-state index is 0.0440. The molecule has 3 aromatic rings. The van der Waals surface area contributed by atoms with Crippen LogP contribution in [0, 0.1) is 6.92 Å². The van der Waals surface area contributed by atoms with Gasteiger partial charge >= 0.3 is 0 Å². The first-order valence-corrected chi connectivity index (χ1v) is 14.7. The zero-order valence-corrected chi connectivity index (χ0v) is 24.4. The first-order valence-electron chi connectivity index (χ1n) is 12.9. The molecule has 0 aliphatic rings. The lowest BCUT2D eigenvalue weighted by Crippen LogP contribution is -2.54. The molecule has 0 fully saturated rings. The second-order valence-corrected chi connectivity index (χ2v) is 12.2. The van der Waals surface area contributed by atoms with Crippen molar-refractivity contribution in [3.8, 4) is 0 Å². The van der Waals surface area contributed by atoms with Gasteiger partial charge in [-0.2, -0.15) is 4.31 Å². The highest BCUT2D eigenvalue weighted by molar-refractivity contribution is 7.89. The van der Waals surface area contributed by atoms with E-state index in [1.807, 2.05) is 57.2 Å². The minimum Gasteiger partial charge on any atom is -0.352 e. The standard InChI is InChI=1S/C30H36ClN3O4S/c1-5-23(3)32-30(36)28(19-24-11-7-6-8-12-24)34(20-25-13-9-10-14-27(25)31)29(35)21-33(4)39(37,38)26-17-15-22(2)16-18-26/h6-18,23,28H,5,19-21H2,1-4H3,(H,32,36)/t23-,28+/m0/s1. The van der Waals surface area contributed by atoms with Crippen molar-refractivity contribution in [1.82, 2.24) is 14.5 Å². The van der Waals surface area contributed by atoms with Gasteiger partial charge in [0.25, 0.3) is 0 Å². The largest absolute Gasteiger partial charge is 0.352 e. The molecular formula is C30H36ClN3O4S. The van der Waals surface area contributed by atoms with Gasteiger partial charge in [0.05, 0.1) is 11.4 Å². The SMILES string of the molecule is CC[C@H](C)NC(=O)[C@@H](Cc1ccccc1)N(Cc1ccccc1Cl)C(=O)CN(C)S(=O)(=O)c1ccc(C)cc1. The number of benzene rings is 3. The minimum atomic E-state index is -3.93. The van der Waals surface area contributed by atoms with Crippen LogP contribution in [0.3, 0.4) is 0 Å². The van der Waals surface area contributed by atoms with Crippen LogP contribution in [0.5, 0.6) is 0 Å². The molecule has 2 atom stereocenters. The summed E-state index contributed by atoms with van der Waals surface area (Å²) in [5, 5.41) is 3.46. The zero-order valence-electron chi connectivity index (χ0n) is 22.8. The number of hydrogen-bond donors (Lipinski definition) is 1. The molecule has 0 aliphatic carbocycles. The van der Waals surface area contributed by atoms with Crippen molar-refractivity contribution in [3.05, 3.63) is 101 Å². The molecule has 9 heteroatoms.